The first-order valence-electron chi connectivity index (χ1n) is 7.80. The largest absolute Gasteiger partial charge is 0.508 e. The first kappa shape index (κ1) is 15.6. The Balaban J connectivity index is 1.60. The van der Waals surface area contributed by atoms with Gasteiger partial charge in [0.1, 0.15) is 11.5 Å². The summed E-state index contributed by atoms with van der Waals surface area (Å²) < 4.78 is 1.63. The zero-order valence-electron chi connectivity index (χ0n) is 13.5. The molecule has 8 nitrogen and oxygen atoms in total. The van der Waals surface area contributed by atoms with Gasteiger partial charge in [-0.25, -0.2) is 0 Å². The molecule has 3 N–H and O–H groups in total. The van der Waals surface area contributed by atoms with E-state index in [0.29, 0.717) is 22.9 Å². The Morgan fingerprint density at radius 2 is 1.81 bits per heavy atom. The lowest BCUT2D eigenvalue weighted by molar-refractivity contribution is 0.450. The lowest BCUT2D eigenvalue weighted by atomic mass is 10.2. The Kier molecular flexibility index (Phi) is 3.91. The number of hydrogen-bond acceptors (Lipinski definition) is 7. The molecule has 0 aliphatic heterocycles. The third kappa shape index (κ3) is 3.03. The summed E-state index contributed by atoms with van der Waals surface area (Å²) in [6, 6.07) is 17.4. The molecule has 0 bridgehead atoms. The van der Waals surface area contributed by atoms with Crippen molar-refractivity contribution in [3.63, 3.8) is 0 Å². The maximum Gasteiger partial charge on any atom is 0.185 e. The molecule has 2 aromatic carbocycles. The van der Waals surface area contributed by atoms with Gasteiger partial charge >= 0.3 is 0 Å². The number of rotatable bonds is 4. The molecule has 4 rings (SSSR count). The smallest absolute Gasteiger partial charge is 0.185 e. The minimum atomic E-state index is -0.0656. The van der Waals surface area contributed by atoms with Gasteiger partial charge in [-0.05, 0) is 24.3 Å². The van der Waals surface area contributed by atoms with Crippen molar-refractivity contribution in [2.24, 2.45) is 5.10 Å². The average Bonchev–Trinajstić information content (AvgIpc) is 3.07. The van der Waals surface area contributed by atoms with E-state index in [1.54, 1.807) is 22.7 Å². The van der Waals surface area contributed by atoms with E-state index in [1.807, 2.05) is 30.3 Å². The highest BCUT2D eigenvalue weighted by molar-refractivity contribution is 5.84. The number of hydrogen-bond donors (Lipinski definition) is 3. The zero-order valence-corrected chi connectivity index (χ0v) is 13.5. The van der Waals surface area contributed by atoms with Crippen molar-refractivity contribution in [3.8, 4) is 22.9 Å². The number of nitrogens with one attached hydrogen (secondary N) is 1. The van der Waals surface area contributed by atoms with Crippen LogP contribution in [0.3, 0.4) is 0 Å². The highest BCUT2D eigenvalue weighted by atomic mass is 16.3. The van der Waals surface area contributed by atoms with Crippen molar-refractivity contribution in [1.29, 1.82) is 0 Å². The molecule has 128 valence electrons. The van der Waals surface area contributed by atoms with Gasteiger partial charge in [0.25, 0.3) is 0 Å². The monoisotopic (exact) mass is 346 g/mol. The van der Waals surface area contributed by atoms with Crippen LogP contribution in [0, 0.1) is 0 Å². The second-order valence-electron chi connectivity index (χ2n) is 5.49. The Labute approximate surface area is 148 Å². The van der Waals surface area contributed by atoms with E-state index in [1.165, 1.54) is 18.3 Å². The van der Waals surface area contributed by atoms with Gasteiger partial charge in [0.05, 0.1) is 6.21 Å². The van der Waals surface area contributed by atoms with Crippen LogP contribution in [0.1, 0.15) is 5.56 Å². The minimum absolute atomic E-state index is 0.0132. The number of fused-ring (bicyclic) bond motifs is 1. The highest BCUT2D eigenvalue weighted by Gasteiger charge is 2.09. The highest BCUT2D eigenvalue weighted by Crippen LogP contribution is 2.21. The lowest BCUT2D eigenvalue weighted by Gasteiger charge is -2.03. The van der Waals surface area contributed by atoms with Crippen LogP contribution in [-0.4, -0.2) is 36.2 Å². The summed E-state index contributed by atoms with van der Waals surface area (Å²) in [5, 5.41) is 35.8. The molecule has 0 saturated heterocycles. The van der Waals surface area contributed by atoms with E-state index in [2.05, 4.69) is 25.8 Å². The van der Waals surface area contributed by atoms with Gasteiger partial charge in [0.15, 0.2) is 17.3 Å². The van der Waals surface area contributed by atoms with Crippen molar-refractivity contribution in [3.05, 3.63) is 66.2 Å². The van der Waals surface area contributed by atoms with Crippen molar-refractivity contribution in [2.45, 2.75) is 0 Å². The van der Waals surface area contributed by atoms with Crippen LogP contribution < -0.4 is 5.43 Å². The SMILES string of the molecule is Oc1ccc(/C=N/Nc2ccc3nnc(-c4ccccc4)n3n2)c(O)c1. The lowest BCUT2D eigenvalue weighted by Crippen LogP contribution is -2.00. The quantitative estimate of drug-likeness (QED) is 0.387. The van der Waals surface area contributed by atoms with Crippen LogP contribution in [0.2, 0.25) is 0 Å². The van der Waals surface area contributed by atoms with E-state index >= 15 is 0 Å². The van der Waals surface area contributed by atoms with Crippen LogP contribution in [0.15, 0.2) is 65.8 Å². The molecule has 0 radical (unpaired) electrons. The summed E-state index contributed by atoms with van der Waals surface area (Å²) in [7, 11) is 0. The Hall–Kier alpha value is -3.94. The molecule has 4 aromatic rings. The number of anilines is 1. The number of benzene rings is 2. The van der Waals surface area contributed by atoms with E-state index in [4.69, 9.17) is 0 Å². The van der Waals surface area contributed by atoms with Crippen molar-refractivity contribution >= 4 is 17.7 Å². The summed E-state index contributed by atoms with van der Waals surface area (Å²) in [6.07, 6.45) is 1.44. The maximum atomic E-state index is 9.75. The Morgan fingerprint density at radius 1 is 0.962 bits per heavy atom. The minimum Gasteiger partial charge on any atom is -0.508 e. The number of phenolic OH excluding ortho intramolecular Hbond substituents is 2. The normalized spacial score (nSPS) is 11.2. The molecule has 0 atom stereocenters. The van der Waals surface area contributed by atoms with Crippen molar-refractivity contribution in [1.82, 2.24) is 19.8 Å². The number of aromatic nitrogens is 4. The number of aromatic hydroxyl groups is 2. The molecule has 0 fully saturated rings. The predicted molar refractivity (Wildman–Crippen MR) is 97.2 cm³/mol. The van der Waals surface area contributed by atoms with Gasteiger partial charge in [-0.3, -0.25) is 5.43 Å². The van der Waals surface area contributed by atoms with E-state index in [9.17, 15) is 10.2 Å². The summed E-state index contributed by atoms with van der Waals surface area (Å²) >= 11 is 0. The number of phenols is 2. The third-order valence-electron chi connectivity index (χ3n) is 3.69. The molecule has 0 saturated carbocycles. The molecule has 0 aliphatic carbocycles. The van der Waals surface area contributed by atoms with Crippen LogP contribution in [-0.2, 0) is 0 Å². The molecular weight excluding hydrogens is 332 g/mol. The van der Waals surface area contributed by atoms with Crippen LogP contribution >= 0.6 is 0 Å². The van der Waals surface area contributed by atoms with Gasteiger partial charge in [0, 0.05) is 17.2 Å². The number of nitrogens with zero attached hydrogens (tertiary/aromatic N) is 5. The van der Waals surface area contributed by atoms with Gasteiger partial charge in [0.2, 0.25) is 0 Å². The third-order valence-corrected chi connectivity index (χ3v) is 3.69. The average molecular weight is 346 g/mol. The number of hydrazone groups is 1. The van der Waals surface area contributed by atoms with Gasteiger partial charge in [-0.15, -0.1) is 15.3 Å². The van der Waals surface area contributed by atoms with Crippen molar-refractivity contribution < 1.29 is 10.2 Å². The molecule has 0 amide bonds. The molecular formula is C18H14N6O2. The molecule has 2 heterocycles. The van der Waals surface area contributed by atoms with E-state index in [0.717, 1.165) is 5.56 Å². The maximum absolute atomic E-state index is 9.75. The van der Waals surface area contributed by atoms with E-state index < -0.39 is 0 Å². The fourth-order valence-electron chi connectivity index (χ4n) is 2.42. The molecule has 0 unspecified atom stereocenters. The Morgan fingerprint density at radius 3 is 2.62 bits per heavy atom. The molecule has 0 aliphatic rings. The molecule has 26 heavy (non-hydrogen) atoms. The summed E-state index contributed by atoms with van der Waals surface area (Å²) in [4.78, 5) is 0. The van der Waals surface area contributed by atoms with Crippen LogP contribution in [0.5, 0.6) is 11.5 Å². The molecule has 8 heteroatoms. The summed E-state index contributed by atoms with van der Waals surface area (Å²) in [5.41, 5.74) is 4.79. The van der Waals surface area contributed by atoms with Gasteiger partial charge < -0.3 is 10.2 Å². The second kappa shape index (κ2) is 6.52. The van der Waals surface area contributed by atoms with Crippen LogP contribution in [0.25, 0.3) is 17.0 Å². The zero-order chi connectivity index (χ0) is 17.9. The fraction of sp³-hybridized carbons (Fsp3) is 0. The predicted octanol–water partition coefficient (Wildman–Crippen LogP) is 2.65. The van der Waals surface area contributed by atoms with Gasteiger partial charge in [-0.1, -0.05) is 30.3 Å². The topological polar surface area (TPSA) is 108 Å². The first-order chi connectivity index (χ1) is 12.7. The fourth-order valence-corrected chi connectivity index (χ4v) is 2.42. The molecule has 0 spiro atoms. The second-order valence-corrected chi connectivity index (χ2v) is 5.49. The standard InChI is InChI=1S/C18H14N6O2/c25-14-7-6-13(15(26)10-14)11-19-20-16-8-9-17-21-22-18(24(17)23-16)12-4-2-1-3-5-12/h1-11,25-26H,(H,20,23)/b19-11+. The van der Waals surface area contributed by atoms with Gasteiger partial charge in [-0.2, -0.15) is 9.62 Å². The first-order valence-corrected chi connectivity index (χ1v) is 7.80. The summed E-state index contributed by atoms with van der Waals surface area (Å²) in [5.74, 6) is 1.04. The van der Waals surface area contributed by atoms with Crippen LogP contribution in [0.4, 0.5) is 5.82 Å². The Bertz CT molecular complexity index is 1090. The molecule has 2 aromatic heterocycles. The van der Waals surface area contributed by atoms with Crippen molar-refractivity contribution in [2.75, 3.05) is 5.43 Å². The summed E-state index contributed by atoms with van der Waals surface area (Å²) in [6.45, 7) is 0. The van der Waals surface area contributed by atoms with E-state index in [-0.39, 0.29) is 11.5 Å².